The fourth-order valence-electron chi connectivity index (χ4n) is 16.0. The summed E-state index contributed by atoms with van der Waals surface area (Å²) in [5.74, 6) is 1.92. The van der Waals surface area contributed by atoms with Crippen molar-refractivity contribution in [3.63, 3.8) is 0 Å². The number of nitrogens with zero attached hydrogens (tertiary/aromatic N) is 19. The molecule has 9 amide bonds. The van der Waals surface area contributed by atoms with Crippen molar-refractivity contribution < 1.29 is 85.0 Å². The number of amides is 9. The molecule has 3 unspecified atom stereocenters. The van der Waals surface area contributed by atoms with Gasteiger partial charge in [-0.2, -0.15) is 15.8 Å². The number of H-pyrrole nitrogens is 6. The number of hydroxylamine groups is 1. The number of rotatable bonds is 22. The molecule has 6 aromatic heterocycles. The number of benzene rings is 6. The highest BCUT2D eigenvalue weighted by atomic mass is 35.5. The summed E-state index contributed by atoms with van der Waals surface area (Å²) in [5, 5.41) is 39.5. The van der Waals surface area contributed by atoms with Gasteiger partial charge in [0.05, 0.1) is 241 Å². The van der Waals surface area contributed by atoms with Crippen molar-refractivity contribution in [3.05, 3.63) is 217 Å². The molecular formula is C94H107ClF2N30O16. The number of carbonyl (C=O) groups excluding carboxylic acids is 6. The number of aromatic nitrogens is 12. The third-order valence-electron chi connectivity index (χ3n) is 22.9. The second-order valence-electron chi connectivity index (χ2n) is 31.3. The first-order valence-corrected chi connectivity index (χ1v) is 45.3. The second-order valence-corrected chi connectivity index (χ2v) is 31.8. The van der Waals surface area contributed by atoms with Crippen LogP contribution < -0.4 is 104 Å². The highest BCUT2D eigenvalue weighted by Crippen LogP contribution is 2.47. The molecule has 3 atom stereocenters. The number of aromatic amines is 6. The zero-order chi connectivity index (χ0) is 102. The maximum absolute atomic E-state index is 14.5. The van der Waals surface area contributed by atoms with Crippen LogP contribution in [0.3, 0.4) is 0 Å². The van der Waals surface area contributed by atoms with Crippen LogP contribution in [0.15, 0.2) is 166 Å². The molecule has 6 aliphatic heterocycles. The summed E-state index contributed by atoms with van der Waals surface area (Å²) in [5.41, 5.74) is 15.0. The Morgan fingerprint density at radius 3 is 1.27 bits per heavy atom. The lowest BCUT2D eigenvalue weighted by atomic mass is 10.1. The molecule has 0 fully saturated rings. The number of imidazole rings is 6. The van der Waals surface area contributed by atoms with Gasteiger partial charge >= 0.3 is 36.4 Å². The molecule has 12 heterocycles. The Hall–Kier alpha value is -17.6. The van der Waals surface area contributed by atoms with Crippen molar-refractivity contribution in [2.45, 2.75) is 58.5 Å². The minimum atomic E-state index is -0.719. The first-order chi connectivity index (χ1) is 69.5. The molecule has 0 spiro atoms. The second kappa shape index (κ2) is 49.6. The zero-order valence-corrected chi connectivity index (χ0v) is 80.5. The summed E-state index contributed by atoms with van der Waals surface area (Å²) in [4.78, 5) is 135. The molecule has 6 aliphatic rings. The third-order valence-corrected chi connectivity index (χ3v) is 23.1. The van der Waals surface area contributed by atoms with E-state index in [1.165, 1.54) is 69.2 Å². The lowest BCUT2D eigenvalue weighted by Gasteiger charge is -2.35. The van der Waals surface area contributed by atoms with Crippen LogP contribution in [-0.2, 0) is 38.7 Å². The third kappa shape index (κ3) is 25.1. The number of methoxy groups -OCH3 is 3. The van der Waals surface area contributed by atoms with Gasteiger partial charge in [0.25, 0.3) is 0 Å². The number of halogens is 3. The van der Waals surface area contributed by atoms with Gasteiger partial charge in [-0.15, -0.1) is 0 Å². The molecule has 0 aliphatic carbocycles. The predicted molar refractivity (Wildman–Crippen MR) is 525 cm³/mol. The largest absolute Gasteiger partial charge is 0.490 e. The maximum atomic E-state index is 14.5. The van der Waals surface area contributed by atoms with Gasteiger partial charge in [0.2, 0.25) is 0 Å². The van der Waals surface area contributed by atoms with Gasteiger partial charge in [-0.05, 0) is 99.6 Å². The Morgan fingerprint density at radius 2 is 0.811 bits per heavy atom. The number of anilines is 12. The van der Waals surface area contributed by atoms with E-state index in [9.17, 15) is 53.3 Å². The van der Waals surface area contributed by atoms with Crippen molar-refractivity contribution in [3.8, 4) is 52.7 Å². The van der Waals surface area contributed by atoms with Crippen molar-refractivity contribution in [2.24, 2.45) is 0 Å². The van der Waals surface area contributed by atoms with Gasteiger partial charge < -0.3 is 113 Å². The summed E-state index contributed by atoms with van der Waals surface area (Å²) < 4.78 is 76.4. The van der Waals surface area contributed by atoms with Crippen LogP contribution in [0.2, 0.25) is 5.02 Å². The molecule has 0 saturated heterocycles. The van der Waals surface area contributed by atoms with Crippen molar-refractivity contribution >= 4 is 116 Å². The predicted octanol–water partition coefficient (Wildman–Crippen LogP) is 13.0. The van der Waals surface area contributed by atoms with E-state index >= 15 is 0 Å². The Labute approximate surface area is 824 Å². The summed E-state index contributed by atoms with van der Waals surface area (Å²) in [6.45, 7) is 15.3. The highest BCUT2D eigenvalue weighted by Gasteiger charge is 2.35. The van der Waals surface area contributed by atoms with E-state index in [4.69, 9.17) is 49.6 Å². The van der Waals surface area contributed by atoms with E-state index in [1.54, 1.807) is 123 Å². The van der Waals surface area contributed by atoms with Crippen LogP contribution in [-0.4, -0.2) is 244 Å². The first-order valence-electron chi connectivity index (χ1n) is 44.9. The minimum Gasteiger partial charge on any atom is -0.490 e. The van der Waals surface area contributed by atoms with Gasteiger partial charge in [-0.1, -0.05) is 11.6 Å². The van der Waals surface area contributed by atoms with Crippen LogP contribution in [0.4, 0.5) is 106 Å². The van der Waals surface area contributed by atoms with E-state index < -0.39 is 48.0 Å². The maximum Gasteiger partial charge on any atom is 0.413 e. The van der Waals surface area contributed by atoms with E-state index in [2.05, 4.69) is 124 Å². The van der Waals surface area contributed by atoms with Gasteiger partial charge in [0, 0.05) is 99.9 Å². The van der Waals surface area contributed by atoms with Crippen LogP contribution in [0.1, 0.15) is 73.1 Å². The molecule has 6 aromatic carbocycles. The van der Waals surface area contributed by atoms with Gasteiger partial charge in [-0.3, -0.25) is 35.1 Å². The number of nitriles is 3. The zero-order valence-electron chi connectivity index (χ0n) is 79.7. The summed E-state index contributed by atoms with van der Waals surface area (Å²) in [7, 11) is 10.1. The van der Waals surface area contributed by atoms with Crippen molar-refractivity contribution in [2.75, 3.05) is 208 Å². The number of hydrogen-bond donors (Lipinski definition) is 11. The average molecular weight is 1990 g/mol. The van der Waals surface area contributed by atoms with E-state index in [-0.39, 0.29) is 41.9 Å². The number of carbonyl (C=O) groups is 6. The SMILES string of the molecule is CCN(C(=O)NC)c1ccc2c(c1)N(C(C#N)c1cnc[nH]1)CCO2.CCN(C(=O)NOC)c1ccc2c(c1)N(Cc1cnc[nH]1)CCO2.CCN(C(=O)OC)c1cc(F)c2c(c1)N(Cc1cnc[nH]1)CCO2.CNC(=O)N(C)c1cc(Cl)c2c(c1)N(Cc1cnc[nH]1)CCO2.COC(=O)Nc1cc(F)c2c(c1)N(C(C#N)c1cnc[nH]1)CCO2.COC(=O)Nc1ccc2c(c1)N(C(C#N)c1cnc[nH]1)CCO2. The fraction of sp³-hybridized carbons (Fsp3) is 0.330. The minimum absolute atomic E-state index is 0.0384. The summed E-state index contributed by atoms with van der Waals surface area (Å²) in [6, 6.07) is 30.2. The lowest BCUT2D eigenvalue weighted by Crippen LogP contribution is -2.39. The molecular weight excluding hydrogens is 1880 g/mol. The Morgan fingerprint density at radius 1 is 0.427 bits per heavy atom. The molecule has 11 N–H and O–H groups in total. The molecule has 18 rings (SSSR count). The van der Waals surface area contributed by atoms with Crippen LogP contribution in [0, 0.1) is 45.6 Å². The monoisotopic (exact) mass is 1980 g/mol. The van der Waals surface area contributed by atoms with E-state index in [0.717, 1.165) is 81.8 Å². The topological polar surface area (TPSA) is 531 Å². The number of ether oxygens (including phenoxy) is 9. The van der Waals surface area contributed by atoms with Crippen LogP contribution in [0.5, 0.6) is 34.5 Å². The Balaban J connectivity index is 0.000000144. The molecule has 0 bridgehead atoms. The molecule has 143 heavy (non-hydrogen) atoms. The normalized spacial score (nSPS) is 13.7. The molecule has 0 saturated carbocycles. The molecule has 0 radical (unpaired) electrons. The molecule has 12 aromatic rings. The van der Waals surface area contributed by atoms with E-state index in [1.807, 2.05) is 77.2 Å². The molecule has 49 heteroatoms. The van der Waals surface area contributed by atoms with Crippen LogP contribution >= 0.6 is 11.6 Å². The van der Waals surface area contributed by atoms with Crippen molar-refractivity contribution in [1.82, 2.24) is 75.9 Å². The van der Waals surface area contributed by atoms with E-state index in [0.29, 0.717) is 161 Å². The average Bonchev–Trinajstić information content (AvgIpc) is 1.50. The Bertz CT molecular complexity index is 6390. The molecule has 46 nitrogen and oxygen atoms in total. The first kappa shape index (κ1) is 103. The number of urea groups is 3. The highest BCUT2D eigenvalue weighted by molar-refractivity contribution is 6.33. The number of hydrogen-bond acceptors (Lipinski definition) is 31. The van der Waals surface area contributed by atoms with Gasteiger partial charge in [0.15, 0.2) is 47.0 Å². The fourth-order valence-corrected chi connectivity index (χ4v) is 16.3. The smallest absolute Gasteiger partial charge is 0.413 e. The Kier molecular flexibility index (Phi) is 35.6. The van der Waals surface area contributed by atoms with Crippen LogP contribution in [0.25, 0.3) is 0 Å². The number of nitrogens with one attached hydrogen (secondary N) is 11. The lowest BCUT2D eigenvalue weighted by molar-refractivity contribution is 0.111. The summed E-state index contributed by atoms with van der Waals surface area (Å²) in [6.07, 6.45) is 17.8. The summed E-state index contributed by atoms with van der Waals surface area (Å²) >= 11 is 6.36. The van der Waals surface area contributed by atoms with Gasteiger partial charge in [-0.25, -0.2) is 72.9 Å². The molecule has 750 valence electrons. The van der Waals surface area contributed by atoms with Crippen molar-refractivity contribution in [1.29, 1.82) is 15.8 Å². The quantitative estimate of drug-likeness (QED) is 0.0222. The number of fused-ring (bicyclic) bond motifs is 6. The standard InChI is InChI=1S/C17H20N6O2.C16H19FN4O3.C16H21N5O3.C15H18ClN5O2.C15H14FN5O3.C15H15N5O3/c1-3-22(17(24)19-2)12-4-5-16-14(8-12)23(6-7-25-16)15(9-18)13-10-20-11-21-13;1-3-21(16(22)23-2)12-6-13(17)15-14(7-12)20(4-5-24-15)9-11-8-18-10-19-11;1-3-21(16(22)19-23-2)13-4-5-15-14(8-13)20(6-7-24-15)10-12-9-17-11-18-12;1-17-15(22)20(2)11-5-12(16)14-13(6-11)21(3-4-23-14)8-10-7-18-9-19-10;1-23-15(22)20-9-4-10(16)14-12(5-9)21(2-3-24-14)13(6-17)11-7-18-8-19-11;1-22-15(21)19-10-2-3-14-12(6-10)20(4-5-23-14)13(7-16)11-8-17-9-18-11/h4-5,8,10-11,15H,3,6-7H2,1-2H3,(H,19,24)(H,20,21);6-8,10H,3-5,9H2,1-2H3,(H,18,19);4-5,8-9,11H,3,6-7,10H2,1-2H3,(H,17,18)(H,19,22);5-7,9H,3-4,8H2,1-2H3,(H,17,22)(H,18,19);4-5,7-8,13H,2-3H2,1H3,(H,18,19)(H,20,22);2-3,6,8-9,13H,4-5H2,1H3,(H,17,18)(H,19,21). The van der Waals surface area contributed by atoms with Gasteiger partial charge in [0.1, 0.15) is 56.9 Å².